The largest absolute Gasteiger partial charge is 0.497 e. The van der Waals surface area contributed by atoms with Crippen molar-refractivity contribution in [2.24, 2.45) is 5.41 Å². The molecule has 1 aliphatic heterocycles. The summed E-state index contributed by atoms with van der Waals surface area (Å²) in [6.07, 6.45) is 1.02. The van der Waals surface area contributed by atoms with E-state index in [1.807, 2.05) is 19.9 Å². The zero-order valence-corrected chi connectivity index (χ0v) is 18.2. The maximum atomic E-state index is 14.0. The molecule has 2 aromatic rings. The number of hydrogen-bond donors (Lipinski definition) is 0. The molecular weight excluding hydrogens is 397 g/mol. The van der Waals surface area contributed by atoms with Gasteiger partial charge in [0.25, 0.3) is 0 Å². The lowest BCUT2D eigenvalue weighted by atomic mass is 9.69. The Labute approximate surface area is 181 Å². The van der Waals surface area contributed by atoms with E-state index in [9.17, 15) is 14.0 Å². The maximum absolute atomic E-state index is 14.0. The molecule has 0 saturated carbocycles. The fourth-order valence-electron chi connectivity index (χ4n) is 4.71. The molecule has 0 N–H and O–H groups in total. The van der Waals surface area contributed by atoms with E-state index < -0.39 is 11.7 Å². The van der Waals surface area contributed by atoms with Crippen LogP contribution in [0.3, 0.4) is 0 Å². The van der Waals surface area contributed by atoms with Crippen molar-refractivity contribution in [2.75, 3.05) is 19.1 Å². The molecule has 1 heterocycles. The van der Waals surface area contributed by atoms with Gasteiger partial charge >= 0.3 is 0 Å². The molecule has 31 heavy (non-hydrogen) atoms. The average Bonchev–Trinajstić information content (AvgIpc) is 2.71. The molecule has 0 aromatic heterocycles. The topological polar surface area (TPSA) is 55.8 Å². The van der Waals surface area contributed by atoms with Gasteiger partial charge in [0, 0.05) is 35.6 Å². The van der Waals surface area contributed by atoms with Gasteiger partial charge < -0.3 is 9.47 Å². The Morgan fingerprint density at radius 3 is 2.48 bits per heavy atom. The molecule has 0 spiro atoms. The van der Waals surface area contributed by atoms with Crippen LogP contribution in [0.1, 0.15) is 44.6 Å². The smallest absolute Gasteiger partial charge is 0.232 e. The van der Waals surface area contributed by atoms with Gasteiger partial charge in [-0.3, -0.25) is 14.5 Å². The van der Waals surface area contributed by atoms with Gasteiger partial charge in [0.1, 0.15) is 17.3 Å². The predicted octanol–water partition coefficient (Wildman–Crippen LogP) is 5.01. The SMILES string of the molecule is COc1ccc(OC)c([C@@H]2CC(=O)N(c3cccc(F)c3)C3=C2C(=O)CC(C)(C)C3)c1. The lowest BCUT2D eigenvalue weighted by Gasteiger charge is -2.43. The molecule has 0 unspecified atom stereocenters. The molecule has 0 radical (unpaired) electrons. The Balaban J connectivity index is 1.94. The van der Waals surface area contributed by atoms with E-state index in [2.05, 4.69) is 0 Å². The Kier molecular flexibility index (Phi) is 5.33. The monoisotopic (exact) mass is 423 g/mol. The highest BCUT2D eigenvalue weighted by Gasteiger charge is 2.45. The second-order valence-corrected chi connectivity index (χ2v) is 8.87. The first-order chi connectivity index (χ1) is 14.7. The molecule has 0 saturated heterocycles. The molecule has 2 aliphatic rings. The number of nitrogens with zero attached hydrogens (tertiary/aromatic N) is 1. The molecular formula is C25H26FNO4. The number of carbonyl (C=O) groups excluding carboxylic acids is 2. The molecule has 162 valence electrons. The van der Waals surface area contributed by atoms with E-state index in [4.69, 9.17) is 9.47 Å². The molecule has 2 aromatic carbocycles. The summed E-state index contributed by atoms with van der Waals surface area (Å²) in [7, 11) is 3.14. The van der Waals surface area contributed by atoms with Crippen LogP contribution in [-0.4, -0.2) is 25.9 Å². The van der Waals surface area contributed by atoms with Crippen LogP contribution < -0.4 is 14.4 Å². The van der Waals surface area contributed by atoms with Crippen molar-refractivity contribution in [3.8, 4) is 11.5 Å². The summed E-state index contributed by atoms with van der Waals surface area (Å²) in [6, 6.07) is 11.3. The summed E-state index contributed by atoms with van der Waals surface area (Å²) in [5.74, 6) is 0.190. The zero-order chi connectivity index (χ0) is 22.3. The number of allylic oxidation sites excluding steroid dienone is 2. The van der Waals surface area contributed by atoms with Gasteiger partial charge in [-0.05, 0) is 48.2 Å². The summed E-state index contributed by atoms with van der Waals surface area (Å²) in [4.78, 5) is 28.3. The molecule has 5 nitrogen and oxygen atoms in total. The lowest BCUT2D eigenvalue weighted by Crippen LogP contribution is -2.43. The number of carbonyl (C=O) groups is 2. The standard InChI is InChI=1S/C25H26FNO4/c1-25(2)13-20-24(21(28)14-25)19(18-11-17(30-3)8-9-22(18)31-4)12-23(29)27(20)16-7-5-6-15(26)10-16/h5-11,19H,12-14H2,1-4H3/t19-/m0/s1. The Bertz CT molecular complexity index is 1090. The van der Waals surface area contributed by atoms with Crippen LogP contribution in [0.15, 0.2) is 53.7 Å². The van der Waals surface area contributed by atoms with Crippen LogP contribution in [0.25, 0.3) is 0 Å². The van der Waals surface area contributed by atoms with Crippen molar-refractivity contribution in [2.45, 2.75) is 39.0 Å². The Morgan fingerprint density at radius 2 is 1.81 bits per heavy atom. The number of anilines is 1. The highest BCUT2D eigenvalue weighted by atomic mass is 19.1. The molecule has 1 aliphatic carbocycles. The second kappa shape index (κ2) is 7.84. The highest BCUT2D eigenvalue weighted by Crippen LogP contribution is 2.49. The lowest BCUT2D eigenvalue weighted by molar-refractivity contribution is -0.121. The van der Waals surface area contributed by atoms with Crippen molar-refractivity contribution >= 4 is 17.4 Å². The summed E-state index contributed by atoms with van der Waals surface area (Å²) in [6.45, 7) is 4.03. The van der Waals surface area contributed by atoms with Crippen molar-refractivity contribution in [1.29, 1.82) is 0 Å². The number of Topliss-reactive ketones (excluding diaryl/α,β-unsaturated/α-hetero) is 1. The van der Waals surface area contributed by atoms with Crippen LogP contribution in [0, 0.1) is 11.2 Å². The number of ether oxygens (including phenoxy) is 2. The van der Waals surface area contributed by atoms with Crippen molar-refractivity contribution < 1.29 is 23.5 Å². The van der Waals surface area contributed by atoms with Gasteiger partial charge in [0.15, 0.2) is 5.78 Å². The summed E-state index contributed by atoms with van der Waals surface area (Å²) < 4.78 is 24.9. The van der Waals surface area contributed by atoms with Crippen LogP contribution in [0.5, 0.6) is 11.5 Å². The van der Waals surface area contributed by atoms with E-state index in [0.29, 0.717) is 41.3 Å². The van der Waals surface area contributed by atoms with Crippen molar-refractivity contribution in [3.63, 3.8) is 0 Å². The number of benzene rings is 2. The number of hydrogen-bond acceptors (Lipinski definition) is 4. The molecule has 1 amide bonds. The van der Waals surface area contributed by atoms with Crippen molar-refractivity contribution in [1.82, 2.24) is 0 Å². The minimum absolute atomic E-state index is 0.00928. The van der Waals surface area contributed by atoms with Crippen LogP contribution in [0.4, 0.5) is 10.1 Å². The summed E-state index contributed by atoms with van der Waals surface area (Å²) in [5, 5.41) is 0. The number of rotatable bonds is 4. The third-order valence-electron chi connectivity index (χ3n) is 6.02. The van der Waals surface area contributed by atoms with Crippen LogP contribution in [-0.2, 0) is 9.59 Å². The van der Waals surface area contributed by atoms with Crippen LogP contribution in [0.2, 0.25) is 0 Å². The third-order valence-corrected chi connectivity index (χ3v) is 6.02. The van der Waals surface area contributed by atoms with Crippen LogP contribution >= 0.6 is 0 Å². The van der Waals surface area contributed by atoms with E-state index in [0.717, 1.165) is 5.56 Å². The normalized spacial score (nSPS) is 20.5. The second-order valence-electron chi connectivity index (χ2n) is 8.87. The molecule has 0 bridgehead atoms. The molecule has 1 atom stereocenters. The van der Waals surface area contributed by atoms with Gasteiger partial charge in [-0.15, -0.1) is 0 Å². The zero-order valence-electron chi connectivity index (χ0n) is 18.2. The minimum atomic E-state index is -0.444. The van der Waals surface area contributed by atoms with Crippen molar-refractivity contribution in [3.05, 3.63) is 65.1 Å². The fourth-order valence-corrected chi connectivity index (χ4v) is 4.71. The number of halogens is 1. The van der Waals surface area contributed by atoms with E-state index in [1.54, 1.807) is 38.5 Å². The maximum Gasteiger partial charge on any atom is 0.232 e. The number of amides is 1. The average molecular weight is 423 g/mol. The predicted molar refractivity (Wildman–Crippen MR) is 116 cm³/mol. The fraction of sp³-hybridized carbons (Fsp3) is 0.360. The van der Waals surface area contributed by atoms with E-state index in [1.165, 1.54) is 17.0 Å². The van der Waals surface area contributed by atoms with E-state index in [-0.39, 0.29) is 23.5 Å². The number of methoxy groups -OCH3 is 2. The highest BCUT2D eigenvalue weighted by molar-refractivity contribution is 6.08. The first-order valence-electron chi connectivity index (χ1n) is 10.3. The minimum Gasteiger partial charge on any atom is -0.497 e. The van der Waals surface area contributed by atoms with E-state index >= 15 is 0 Å². The quantitative estimate of drug-likeness (QED) is 0.694. The Morgan fingerprint density at radius 1 is 1.03 bits per heavy atom. The molecule has 4 rings (SSSR count). The van der Waals surface area contributed by atoms with Gasteiger partial charge in [0.05, 0.1) is 19.9 Å². The first-order valence-corrected chi connectivity index (χ1v) is 10.3. The van der Waals surface area contributed by atoms with Gasteiger partial charge in [-0.2, -0.15) is 0 Å². The molecule has 6 heteroatoms. The number of ketones is 1. The van der Waals surface area contributed by atoms with Gasteiger partial charge in [0.2, 0.25) is 5.91 Å². The Hall–Kier alpha value is -3.15. The first kappa shape index (κ1) is 21.1. The summed E-state index contributed by atoms with van der Waals surface area (Å²) in [5.41, 5.74) is 2.14. The van der Waals surface area contributed by atoms with Gasteiger partial charge in [-0.25, -0.2) is 4.39 Å². The summed E-state index contributed by atoms with van der Waals surface area (Å²) >= 11 is 0. The van der Waals surface area contributed by atoms with Gasteiger partial charge in [-0.1, -0.05) is 19.9 Å². The molecule has 0 fully saturated rings. The third kappa shape index (κ3) is 3.82.